The van der Waals surface area contributed by atoms with E-state index in [4.69, 9.17) is 14.8 Å². The molecule has 5 nitrogen and oxygen atoms in total. The zero-order valence-electron chi connectivity index (χ0n) is 11.5. The molecular formula is C13H20BNO4. The molecule has 19 heavy (non-hydrogen) atoms. The lowest BCUT2D eigenvalue weighted by Gasteiger charge is -2.20. The third kappa shape index (κ3) is 4.67. The van der Waals surface area contributed by atoms with Crippen LogP contribution in [0, 0.1) is 5.92 Å². The molecule has 0 radical (unpaired) electrons. The van der Waals surface area contributed by atoms with Crippen LogP contribution in [0.1, 0.15) is 19.4 Å². The molecule has 0 fully saturated rings. The maximum absolute atomic E-state index is 11.6. The zero-order chi connectivity index (χ0) is 14.4. The van der Waals surface area contributed by atoms with Crippen LogP contribution in [0.25, 0.3) is 0 Å². The first-order valence-electron chi connectivity index (χ1n) is 6.22. The van der Waals surface area contributed by atoms with Crippen LogP contribution in [0.3, 0.4) is 0 Å². The van der Waals surface area contributed by atoms with Crippen molar-refractivity contribution in [2.75, 3.05) is 7.11 Å². The maximum atomic E-state index is 11.6. The molecule has 0 amide bonds. The van der Waals surface area contributed by atoms with E-state index < -0.39 is 7.12 Å². The standard InChI is InChI=1S/C13H20BNO4/c1-9(2)12(13(16)19-3)15-8-10-5-4-6-11(7-10)14(17)18/h4-7,9,12,15,17-18H,8H2,1-3H3/t12-/m1/s1. The SMILES string of the molecule is COC(=O)[C@H](NCc1cccc(B(O)O)c1)C(C)C. The largest absolute Gasteiger partial charge is 0.488 e. The summed E-state index contributed by atoms with van der Waals surface area (Å²) in [5, 5.41) is 21.3. The average Bonchev–Trinajstić information content (AvgIpc) is 2.38. The van der Waals surface area contributed by atoms with Gasteiger partial charge < -0.3 is 20.1 Å². The minimum absolute atomic E-state index is 0.110. The molecule has 0 heterocycles. The van der Waals surface area contributed by atoms with Gasteiger partial charge in [0, 0.05) is 6.54 Å². The number of carbonyl (C=O) groups is 1. The van der Waals surface area contributed by atoms with Gasteiger partial charge >= 0.3 is 13.1 Å². The molecule has 0 aliphatic heterocycles. The van der Waals surface area contributed by atoms with E-state index in [9.17, 15) is 4.79 Å². The Hall–Kier alpha value is -1.37. The first-order chi connectivity index (χ1) is 8.95. The molecule has 1 aromatic rings. The van der Waals surface area contributed by atoms with Crippen LogP contribution < -0.4 is 10.8 Å². The maximum Gasteiger partial charge on any atom is 0.488 e. The van der Waals surface area contributed by atoms with E-state index in [1.807, 2.05) is 19.9 Å². The molecule has 3 N–H and O–H groups in total. The Morgan fingerprint density at radius 1 is 1.42 bits per heavy atom. The molecule has 0 aliphatic carbocycles. The fourth-order valence-electron chi connectivity index (χ4n) is 1.81. The molecule has 0 aromatic heterocycles. The van der Waals surface area contributed by atoms with Gasteiger partial charge in [-0.05, 0) is 16.9 Å². The molecule has 1 atom stereocenters. The second-order valence-corrected chi connectivity index (χ2v) is 4.74. The van der Waals surface area contributed by atoms with Crippen molar-refractivity contribution in [1.29, 1.82) is 0 Å². The lowest BCUT2D eigenvalue weighted by Crippen LogP contribution is -2.41. The molecular weight excluding hydrogens is 245 g/mol. The summed E-state index contributed by atoms with van der Waals surface area (Å²) in [6, 6.07) is 6.54. The molecule has 0 unspecified atom stereocenters. The van der Waals surface area contributed by atoms with Gasteiger partial charge in [0.25, 0.3) is 0 Å². The van der Waals surface area contributed by atoms with Crippen molar-refractivity contribution in [2.45, 2.75) is 26.4 Å². The third-order valence-corrected chi connectivity index (χ3v) is 2.90. The average molecular weight is 265 g/mol. The van der Waals surface area contributed by atoms with Crippen molar-refractivity contribution in [3.05, 3.63) is 29.8 Å². The van der Waals surface area contributed by atoms with Crippen molar-refractivity contribution in [1.82, 2.24) is 5.32 Å². The van der Waals surface area contributed by atoms with Crippen LogP contribution in [0.4, 0.5) is 0 Å². The number of methoxy groups -OCH3 is 1. The predicted molar refractivity (Wildman–Crippen MR) is 73.7 cm³/mol. The van der Waals surface area contributed by atoms with Crippen molar-refractivity contribution >= 4 is 18.6 Å². The van der Waals surface area contributed by atoms with Gasteiger partial charge in [0.05, 0.1) is 7.11 Å². The fraction of sp³-hybridized carbons (Fsp3) is 0.462. The second-order valence-electron chi connectivity index (χ2n) is 4.74. The highest BCUT2D eigenvalue weighted by Gasteiger charge is 2.22. The molecule has 0 aliphatic rings. The van der Waals surface area contributed by atoms with E-state index in [0.717, 1.165) is 5.56 Å². The Morgan fingerprint density at radius 3 is 2.63 bits per heavy atom. The highest BCUT2D eigenvalue weighted by atomic mass is 16.5. The van der Waals surface area contributed by atoms with Crippen LogP contribution >= 0.6 is 0 Å². The second kappa shape index (κ2) is 7.28. The summed E-state index contributed by atoms with van der Waals surface area (Å²) >= 11 is 0. The molecule has 1 aromatic carbocycles. The number of esters is 1. The zero-order valence-corrected chi connectivity index (χ0v) is 11.5. The van der Waals surface area contributed by atoms with Crippen LogP contribution in [0.2, 0.25) is 0 Å². The van der Waals surface area contributed by atoms with Crippen molar-refractivity contribution in [3.8, 4) is 0 Å². The smallest absolute Gasteiger partial charge is 0.468 e. The number of carbonyl (C=O) groups excluding carboxylic acids is 1. The Bertz CT molecular complexity index is 423. The van der Waals surface area contributed by atoms with E-state index in [1.165, 1.54) is 7.11 Å². The molecule has 0 bridgehead atoms. The normalized spacial score (nSPS) is 12.3. The summed E-state index contributed by atoms with van der Waals surface area (Å²) < 4.78 is 4.74. The quantitative estimate of drug-likeness (QED) is 0.484. The number of hydrogen-bond donors (Lipinski definition) is 3. The summed E-state index contributed by atoms with van der Waals surface area (Å²) in [5.41, 5.74) is 1.30. The first-order valence-corrected chi connectivity index (χ1v) is 6.22. The van der Waals surface area contributed by atoms with Crippen LogP contribution in [-0.2, 0) is 16.1 Å². The van der Waals surface area contributed by atoms with Gasteiger partial charge in [-0.1, -0.05) is 38.1 Å². The fourth-order valence-corrected chi connectivity index (χ4v) is 1.81. The number of ether oxygens (including phenoxy) is 1. The Morgan fingerprint density at radius 2 is 2.11 bits per heavy atom. The molecule has 1 rings (SSSR count). The number of rotatable bonds is 6. The third-order valence-electron chi connectivity index (χ3n) is 2.90. The number of benzene rings is 1. The van der Waals surface area contributed by atoms with E-state index in [-0.39, 0.29) is 17.9 Å². The van der Waals surface area contributed by atoms with Gasteiger partial charge in [-0.15, -0.1) is 0 Å². The molecule has 0 saturated carbocycles. The van der Waals surface area contributed by atoms with Gasteiger partial charge in [0.15, 0.2) is 0 Å². The van der Waals surface area contributed by atoms with E-state index in [2.05, 4.69) is 5.32 Å². The van der Waals surface area contributed by atoms with E-state index in [1.54, 1.807) is 18.2 Å². The Labute approximate surface area is 113 Å². The first kappa shape index (κ1) is 15.7. The molecule has 0 spiro atoms. The van der Waals surface area contributed by atoms with Crippen molar-refractivity contribution < 1.29 is 19.6 Å². The molecule has 104 valence electrons. The van der Waals surface area contributed by atoms with E-state index in [0.29, 0.717) is 12.0 Å². The summed E-state index contributed by atoms with van der Waals surface area (Å²) in [4.78, 5) is 11.6. The highest BCUT2D eigenvalue weighted by Crippen LogP contribution is 2.05. The minimum Gasteiger partial charge on any atom is -0.468 e. The summed E-state index contributed by atoms with van der Waals surface area (Å²) in [5.74, 6) is -0.188. The van der Waals surface area contributed by atoms with Gasteiger partial charge in [-0.2, -0.15) is 0 Å². The summed E-state index contributed by atoms with van der Waals surface area (Å²) in [7, 11) is -0.122. The lowest BCUT2D eigenvalue weighted by molar-refractivity contribution is -0.144. The summed E-state index contributed by atoms with van der Waals surface area (Å²) in [6.07, 6.45) is 0. The monoisotopic (exact) mass is 265 g/mol. The molecule has 6 heteroatoms. The van der Waals surface area contributed by atoms with Crippen LogP contribution in [0.5, 0.6) is 0 Å². The topological polar surface area (TPSA) is 78.8 Å². The van der Waals surface area contributed by atoms with Gasteiger partial charge in [-0.3, -0.25) is 4.79 Å². The minimum atomic E-state index is -1.48. The van der Waals surface area contributed by atoms with Gasteiger partial charge in [0.2, 0.25) is 0 Å². The lowest BCUT2D eigenvalue weighted by atomic mass is 9.79. The Balaban J connectivity index is 2.69. The Kier molecular flexibility index (Phi) is 6.01. The number of nitrogens with one attached hydrogen (secondary N) is 1. The van der Waals surface area contributed by atoms with Gasteiger partial charge in [0.1, 0.15) is 6.04 Å². The van der Waals surface area contributed by atoms with Gasteiger partial charge in [-0.25, -0.2) is 0 Å². The predicted octanol–water partition coefficient (Wildman–Crippen LogP) is -0.346. The number of hydrogen-bond acceptors (Lipinski definition) is 5. The van der Waals surface area contributed by atoms with Crippen molar-refractivity contribution in [2.24, 2.45) is 5.92 Å². The summed E-state index contributed by atoms with van der Waals surface area (Å²) in [6.45, 7) is 4.32. The highest BCUT2D eigenvalue weighted by molar-refractivity contribution is 6.58. The van der Waals surface area contributed by atoms with Crippen LogP contribution in [-0.4, -0.2) is 36.3 Å². The van der Waals surface area contributed by atoms with E-state index >= 15 is 0 Å². The van der Waals surface area contributed by atoms with Crippen molar-refractivity contribution in [3.63, 3.8) is 0 Å². The molecule has 0 saturated heterocycles. The van der Waals surface area contributed by atoms with Crippen LogP contribution in [0.15, 0.2) is 24.3 Å².